The van der Waals surface area contributed by atoms with Crippen molar-refractivity contribution in [3.05, 3.63) is 76.2 Å². The molecule has 110 valence electrons. The molecule has 0 fully saturated rings. The number of rotatable bonds is 2. The lowest BCUT2D eigenvalue weighted by Gasteiger charge is -2.28. The third-order valence-electron chi connectivity index (χ3n) is 4.14. The topological polar surface area (TPSA) is 25.2 Å². The molecule has 1 aromatic carbocycles. The van der Waals surface area contributed by atoms with Crippen molar-refractivity contribution in [3.8, 4) is 5.69 Å². The molecule has 1 aliphatic rings. The van der Waals surface area contributed by atoms with Gasteiger partial charge in [0.1, 0.15) is 4.88 Å². The molecule has 4 heteroatoms. The van der Waals surface area contributed by atoms with Crippen LogP contribution in [0.2, 0.25) is 0 Å². The second-order valence-electron chi connectivity index (χ2n) is 5.47. The van der Waals surface area contributed by atoms with Crippen molar-refractivity contribution < 1.29 is 4.79 Å². The number of benzene rings is 1. The highest BCUT2D eigenvalue weighted by Crippen LogP contribution is 2.26. The van der Waals surface area contributed by atoms with E-state index in [0.29, 0.717) is 6.54 Å². The Morgan fingerprint density at radius 3 is 2.59 bits per heavy atom. The number of carbonyl (C=O) groups is 1. The predicted molar refractivity (Wildman–Crippen MR) is 88.5 cm³/mol. The lowest BCUT2D eigenvalue weighted by molar-refractivity contribution is 0.0739. The molecule has 0 N–H and O–H groups in total. The summed E-state index contributed by atoms with van der Waals surface area (Å²) in [5, 5.41) is 1.99. The summed E-state index contributed by atoms with van der Waals surface area (Å²) in [7, 11) is 0. The van der Waals surface area contributed by atoms with Gasteiger partial charge in [-0.15, -0.1) is 11.3 Å². The van der Waals surface area contributed by atoms with Crippen LogP contribution < -0.4 is 0 Å². The van der Waals surface area contributed by atoms with E-state index in [1.807, 2.05) is 51.5 Å². The first-order chi connectivity index (χ1) is 10.8. The van der Waals surface area contributed by atoms with E-state index in [-0.39, 0.29) is 5.91 Å². The van der Waals surface area contributed by atoms with E-state index in [1.165, 1.54) is 22.5 Å². The van der Waals surface area contributed by atoms with Crippen molar-refractivity contribution in [2.75, 3.05) is 6.54 Å². The summed E-state index contributed by atoms with van der Waals surface area (Å²) in [5.74, 6) is 0.133. The lowest BCUT2D eigenvalue weighted by atomic mass is 10.00. The molecule has 3 aromatic rings. The molecular formula is C18H16N2OS. The molecule has 0 spiro atoms. The fourth-order valence-corrected chi connectivity index (χ4v) is 3.83. The second kappa shape index (κ2) is 5.46. The lowest BCUT2D eigenvalue weighted by Crippen LogP contribution is -2.35. The van der Waals surface area contributed by atoms with Gasteiger partial charge in [0, 0.05) is 25.5 Å². The molecule has 3 heterocycles. The summed E-state index contributed by atoms with van der Waals surface area (Å²) >= 11 is 1.52. The van der Waals surface area contributed by atoms with Crippen molar-refractivity contribution in [1.29, 1.82) is 0 Å². The van der Waals surface area contributed by atoms with E-state index in [2.05, 4.69) is 18.2 Å². The van der Waals surface area contributed by atoms with Crippen LogP contribution >= 0.6 is 11.3 Å². The Labute approximate surface area is 133 Å². The number of hydrogen-bond acceptors (Lipinski definition) is 2. The number of aromatic nitrogens is 1. The summed E-state index contributed by atoms with van der Waals surface area (Å²) in [4.78, 5) is 15.7. The van der Waals surface area contributed by atoms with E-state index in [0.717, 1.165) is 23.5 Å². The Hall–Kier alpha value is -2.33. The Balaban J connectivity index is 1.63. The second-order valence-corrected chi connectivity index (χ2v) is 6.39. The molecule has 1 amide bonds. The van der Waals surface area contributed by atoms with Crippen molar-refractivity contribution in [3.63, 3.8) is 0 Å². The van der Waals surface area contributed by atoms with Gasteiger partial charge in [-0.05, 0) is 41.1 Å². The van der Waals surface area contributed by atoms with Gasteiger partial charge in [-0.25, -0.2) is 0 Å². The molecule has 0 bridgehead atoms. The number of fused-ring (bicyclic) bond motifs is 1. The average molecular weight is 308 g/mol. The van der Waals surface area contributed by atoms with Gasteiger partial charge >= 0.3 is 0 Å². The highest BCUT2D eigenvalue weighted by atomic mass is 32.1. The Morgan fingerprint density at radius 1 is 1.00 bits per heavy atom. The van der Waals surface area contributed by atoms with Gasteiger partial charge in [0.2, 0.25) is 0 Å². The van der Waals surface area contributed by atoms with Crippen LogP contribution in [0.3, 0.4) is 0 Å². The summed E-state index contributed by atoms with van der Waals surface area (Å²) in [6, 6.07) is 14.4. The van der Waals surface area contributed by atoms with E-state index in [4.69, 9.17) is 0 Å². The molecule has 0 unspecified atom stereocenters. The third-order valence-corrected chi connectivity index (χ3v) is 5.03. The van der Waals surface area contributed by atoms with Gasteiger partial charge < -0.3 is 9.47 Å². The van der Waals surface area contributed by atoms with Gasteiger partial charge in [0.05, 0.1) is 5.69 Å². The van der Waals surface area contributed by atoms with Crippen molar-refractivity contribution in [2.24, 2.45) is 0 Å². The van der Waals surface area contributed by atoms with Gasteiger partial charge in [-0.2, -0.15) is 0 Å². The zero-order chi connectivity index (χ0) is 14.9. The average Bonchev–Trinajstić information content (AvgIpc) is 3.24. The maximum absolute atomic E-state index is 12.9. The largest absolute Gasteiger partial charge is 0.333 e. The molecule has 1 aliphatic heterocycles. The molecule has 22 heavy (non-hydrogen) atoms. The summed E-state index contributed by atoms with van der Waals surface area (Å²) < 4.78 is 2.00. The van der Waals surface area contributed by atoms with Crippen molar-refractivity contribution in [1.82, 2.24) is 9.47 Å². The fourth-order valence-electron chi connectivity index (χ4n) is 2.97. The third kappa shape index (κ3) is 2.25. The Bertz CT molecular complexity index is 804. The normalized spacial score (nSPS) is 13.9. The molecule has 0 saturated carbocycles. The highest BCUT2D eigenvalue weighted by Gasteiger charge is 2.24. The van der Waals surface area contributed by atoms with Gasteiger partial charge in [0.15, 0.2) is 0 Å². The van der Waals surface area contributed by atoms with E-state index >= 15 is 0 Å². The van der Waals surface area contributed by atoms with Crippen LogP contribution in [0.5, 0.6) is 0 Å². The van der Waals surface area contributed by atoms with Crippen LogP contribution in [-0.4, -0.2) is 21.9 Å². The van der Waals surface area contributed by atoms with Crippen molar-refractivity contribution in [2.45, 2.75) is 13.0 Å². The van der Waals surface area contributed by atoms with E-state index in [1.54, 1.807) is 0 Å². The maximum Gasteiger partial charge on any atom is 0.266 e. The standard InChI is InChI=1S/C18H16N2OS/c21-18(17-16(8-12-22-17)19-9-3-4-10-19)20-11-7-14-5-1-2-6-15(14)13-20/h1-6,8-10,12H,7,11,13H2. The first kappa shape index (κ1) is 13.3. The summed E-state index contributed by atoms with van der Waals surface area (Å²) in [5.41, 5.74) is 3.60. The zero-order valence-electron chi connectivity index (χ0n) is 12.1. The molecule has 0 atom stereocenters. The number of nitrogens with zero attached hydrogens (tertiary/aromatic N) is 2. The van der Waals surface area contributed by atoms with E-state index in [9.17, 15) is 4.79 Å². The zero-order valence-corrected chi connectivity index (χ0v) is 12.9. The van der Waals surface area contributed by atoms with Crippen LogP contribution in [0.1, 0.15) is 20.8 Å². The molecular weight excluding hydrogens is 292 g/mol. The molecule has 4 rings (SSSR count). The monoisotopic (exact) mass is 308 g/mol. The minimum atomic E-state index is 0.133. The smallest absolute Gasteiger partial charge is 0.266 e. The first-order valence-corrected chi connectivity index (χ1v) is 8.28. The number of amides is 1. The Kier molecular flexibility index (Phi) is 3.31. The molecule has 0 aliphatic carbocycles. The molecule has 0 radical (unpaired) electrons. The molecule has 3 nitrogen and oxygen atoms in total. The molecule has 2 aromatic heterocycles. The quantitative estimate of drug-likeness (QED) is 0.708. The van der Waals surface area contributed by atoms with Crippen LogP contribution in [-0.2, 0) is 13.0 Å². The fraction of sp³-hybridized carbons (Fsp3) is 0.167. The van der Waals surface area contributed by atoms with Gasteiger partial charge in [-0.1, -0.05) is 24.3 Å². The van der Waals surface area contributed by atoms with Crippen LogP contribution in [0.25, 0.3) is 5.69 Å². The summed E-state index contributed by atoms with van der Waals surface area (Å²) in [6.07, 6.45) is 4.89. The van der Waals surface area contributed by atoms with Crippen LogP contribution in [0.4, 0.5) is 0 Å². The summed E-state index contributed by atoms with van der Waals surface area (Å²) in [6.45, 7) is 1.50. The maximum atomic E-state index is 12.9. The number of hydrogen-bond donors (Lipinski definition) is 0. The molecule has 0 saturated heterocycles. The van der Waals surface area contributed by atoms with Crippen LogP contribution in [0, 0.1) is 0 Å². The SMILES string of the molecule is O=C(c1sccc1-n1cccc1)N1CCc2ccccc2C1. The number of carbonyl (C=O) groups excluding carboxylic acids is 1. The predicted octanol–water partition coefficient (Wildman–Crippen LogP) is 3.74. The Morgan fingerprint density at radius 2 is 1.77 bits per heavy atom. The van der Waals surface area contributed by atoms with E-state index < -0.39 is 0 Å². The highest BCUT2D eigenvalue weighted by molar-refractivity contribution is 7.12. The minimum Gasteiger partial charge on any atom is -0.333 e. The van der Waals surface area contributed by atoms with Gasteiger partial charge in [0.25, 0.3) is 5.91 Å². The number of thiophene rings is 1. The van der Waals surface area contributed by atoms with Crippen LogP contribution in [0.15, 0.2) is 60.2 Å². The van der Waals surface area contributed by atoms with Crippen molar-refractivity contribution >= 4 is 17.2 Å². The first-order valence-electron chi connectivity index (χ1n) is 7.40. The minimum absolute atomic E-state index is 0.133. The van der Waals surface area contributed by atoms with Gasteiger partial charge in [-0.3, -0.25) is 4.79 Å².